The van der Waals surface area contributed by atoms with E-state index < -0.39 is 0 Å². The molecule has 8 bridgehead atoms. The molecule has 0 unspecified atom stereocenters. The maximum absolute atomic E-state index is 10.9. The molecule has 8 aliphatic rings. The number of nitrogen functional groups attached to an aromatic ring is 2. The van der Waals surface area contributed by atoms with Crippen LogP contribution in [0.15, 0.2) is 48.5 Å². The molecule has 3 aromatic rings. The van der Waals surface area contributed by atoms with Crippen molar-refractivity contribution < 1.29 is 19.7 Å². The summed E-state index contributed by atoms with van der Waals surface area (Å²) in [4.78, 5) is 0. The second kappa shape index (κ2) is 9.48. The summed E-state index contributed by atoms with van der Waals surface area (Å²) in [6.45, 7) is 0. The van der Waals surface area contributed by atoms with Crippen molar-refractivity contribution in [3.8, 4) is 34.5 Å². The Morgan fingerprint density at radius 2 is 0.841 bits per heavy atom. The van der Waals surface area contributed by atoms with E-state index in [0.717, 1.165) is 85.2 Å². The molecule has 0 spiro atoms. The van der Waals surface area contributed by atoms with E-state index in [4.69, 9.17) is 20.9 Å². The number of ether oxygens (including phenoxy) is 2. The molecule has 6 heteroatoms. The molecule has 0 radical (unpaired) electrons. The van der Waals surface area contributed by atoms with Crippen molar-refractivity contribution in [2.24, 2.45) is 35.5 Å². The van der Waals surface area contributed by atoms with Crippen LogP contribution >= 0.6 is 0 Å². The number of hydrogen-bond acceptors (Lipinski definition) is 6. The van der Waals surface area contributed by atoms with Gasteiger partial charge in [0, 0.05) is 18.2 Å². The molecule has 8 saturated carbocycles. The molecule has 0 aliphatic heterocycles. The summed E-state index contributed by atoms with van der Waals surface area (Å²) >= 11 is 0. The van der Waals surface area contributed by atoms with Crippen molar-refractivity contribution in [3.05, 3.63) is 59.7 Å². The number of aromatic hydroxyl groups is 2. The second-order valence-electron chi connectivity index (χ2n) is 15.9. The Bertz CT molecular complexity index is 1460. The summed E-state index contributed by atoms with van der Waals surface area (Å²) in [7, 11) is 0. The highest BCUT2D eigenvalue weighted by atomic mass is 16.5. The van der Waals surface area contributed by atoms with Gasteiger partial charge in [-0.3, -0.25) is 0 Å². The molecule has 8 fully saturated rings. The Hall–Kier alpha value is -3.54. The van der Waals surface area contributed by atoms with E-state index in [1.54, 1.807) is 12.1 Å². The third-order valence-corrected chi connectivity index (χ3v) is 12.8. The lowest BCUT2D eigenvalue weighted by Crippen LogP contribution is -2.48. The largest absolute Gasteiger partial charge is 0.506 e. The van der Waals surface area contributed by atoms with Crippen molar-refractivity contribution in [2.45, 2.75) is 87.9 Å². The first-order valence-corrected chi connectivity index (χ1v) is 16.9. The molecule has 0 saturated heterocycles. The predicted molar refractivity (Wildman–Crippen MR) is 171 cm³/mol. The van der Waals surface area contributed by atoms with Crippen LogP contribution in [0.25, 0.3) is 0 Å². The maximum atomic E-state index is 10.9. The lowest BCUT2D eigenvalue weighted by atomic mass is 9.48. The summed E-state index contributed by atoms with van der Waals surface area (Å²) < 4.78 is 12.7. The van der Waals surface area contributed by atoms with Crippen LogP contribution in [-0.4, -0.2) is 10.2 Å². The van der Waals surface area contributed by atoms with Gasteiger partial charge in [0.1, 0.15) is 34.5 Å². The Balaban J connectivity index is 0.987. The highest BCUT2D eigenvalue weighted by Crippen LogP contribution is 2.63. The van der Waals surface area contributed by atoms with Gasteiger partial charge in [-0.2, -0.15) is 0 Å². The van der Waals surface area contributed by atoms with Crippen LogP contribution in [0.1, 0.15) is 88.2 Å². The Morgan fingerprint density at radius 1 is 0.500 bits per heavy atom. The lowest BCUT2D eigenvalue weighted by Gasteiger charge is -2.57. The number of anilines is 2. The van der Waals surface area contributed by atoms with Crippen molar-refractivity contribution >= 4 is 11.4 Å². The van der Waals surface area contributed by atoms with Gasteiger partial charge in [0.2, 0.25) is 0 Å². The van der Waals surface area contributed by atoms with E-state index in [-0.39, 0.29) is 22.3 Å². The molecule has 230 valence electrons. The number of rotatable bonds is 6. The highest BCUT2D eigenvalue weighted by molar-refractivity contribution is 5.65. The summed E-state index contributed by atoms with van der Waals surface area (Å²) in [5.74, 6) is 7.25. The summed E-state index contributed by atoms with van der Waals surface area (Å²) in [5, 5.41) is 21.8. The summed E-state index contributed by atoms with van der Waals surface area (Å²) in [6.07, 6.45) is 15.1. The molecule has 0 heterocycles. The maximum Gasteiger partial charge on any atom is 0.142 e. The first-order valence-electron chi connectivity index (χ1n) is 16.9. The molecule has 6 N–H and O–H groups in total. The fourth-order valence-corrected chi connectivity index (χ4v) is 12.0. The van der Waals surface area contributed by atoms with Gasteiger partial charge in [0.25, 0.3) is 0 Å². The first kappa shape index (κ1) is 26.8. The van der Waals surface area contributed by atoms with Crippen molar-refractivity contribution in [3.63, 3.8) is 0 Å². The van der Waals surface area contributed by atoms with Gasteiger partial charge >= 0.3 is 0 Å². The minimum Gasteiger partial charge on any atom is -0.506 e. The van der Waals surface area contributed by atoms with Gasteiger partial charge in [-0.25, -0.2) is 0 Å². The van der Waals surface area contributed by atoms with E-state index in [0.29, 0.717) is 34.4 Å². The normalized spacial score (nSPS) is 36.1. The number of hydrogen-bond donors (Lipinski definition) is 4. The number of benzene rings is 3. The van der Waals surface area contributed by atoms with Crippen molar-refractivity contribution in [2.75, 3.05) is 11.5 Å². The number of phenolic OH excluding ortho intramolecular Hbond substituents is 2. The molecule has 0 aromatic heterocycles. The molecular weight excluding hydrogens is 548 g/mol. The van der Waals surface area contributed by atoms with Gasteiger partial charge in [0.05, 0.1) is 11.4 Å². The molecular formula is C38H44N2O4. The van der Waals surface area contributed by atoms with Crippen LogP contribution < -0.4 is 20.9 Å². The van der Waals surface area contributed by atoms with Crippen LogP contribution in [0.4, 0.5) is 11.4 Å². The Kier molecular flexibility index (Phi) is 5.78. The Labute approximate surface area is 259 Å². The molecule has 3 aromatic carbocycles. The fourth-order valence-electron chi connectivity index (χ4n) is 12.0. The van der Waals surface area contributed by atoms with Crippen LogP contribution in [-0.2, 0) is 10.8 Å². The minimum atomic E-state index is 0.0478. The average Bonchev–Trinajstić information content (AvgIpc) is 2.95. The lowest BCUT2D eigenvalue weighted by molar-refractivity contribution is -0.00508. The van der Waals surface area contributed by atoms with Crippen LogP contribution in [0.5, 0.6) is 34.5 Å². The molecule has 8 aliphatic carbocycles. The van der Waals surface area contributed by atoms with Gasteiger partial charge < -0.3 is 31.2 Å². The summed E-state index contributed by atoms with van der Waals surface area (Å²) in [5.41, 5.74) is 16.3. The third-order valence-electron chi connectivity index (χ3n) is 12.8. The van der Waals surface area contributed by atoms with Gasteiger partial charge in [-0.15, -0.1) is 0 Å². The van der Waals surface area contributed by atoms with E-state index in [1.165, 1.54) is 38.5 Å². The monoisotopic (exact) mass is 592 g/mol. The van der Waals surface area contributed by atoms with E-state index >= 15 is 0 Å². The molecule has 0 amide bonds. The smallest absolute Gasteiger partial charge is 0.142 e. The minimum absolute atomic E-state index is 0.0478. The van der Waals surface area contributed by atoms with Crippen LogP contribution in [0.2, 0.25) is 0 Å². The topological polar surface area (TPSA) is 111 Å². The SMILES string of the molecule is Nc1c(O)cc(Oc2cccc(Oc3cc(O)c(N)c(C45CC6CC(CC(C6)C4)C5)c3)c2)cc1C12CC3CC(CC(C3)C1)C2. The van der Waals surface area contributed by atoms with E-state index in [1.807, 2.05) is 24.3 Å². The number of phenols is 2. The molecule has 0 atom stereocenters. The van der Waals surface area contributed by atoms with E-state index in [2.05, 4.69) is 12.1 Å². The average molecular weight is 593 g/mol. The first-order chi connectivity index (χ1) is 21.2. The third kappa shape index (κ3) is 4.27. The summed E-state index contributed by atoms with van der Waals surface area (Å²) in [6, 6.07) is 15.0. The fraction of sp³-hybridized carbons (Fsp3) is 0.526. The van der Waals surface area contributed by atoms with Gasteiger partial charge in [-0.1, -0.05) is 6.07 Å². The zero-order valence-electron chi connectivity index (χ0n) is 25.4. The van der Waals surface area contributed by atoms with Gasteiger partial charge in [0.15, 0.2) is 0 Å². The van der Waals surface area contributed by atoms with Crippen LogP contribution in [0.3, 0.4) is 0 Å². The zero-order chi connectivity index (χ0) is 29.8. The highest BCUT2D eigenvalue weighted by Gasteiger charge is 2.53. The standard InChI is InChI=1S/C38H44N2O4/c39-35-31(37-15-21-4-22(16-37)6-23(5-21)17-37)11-29(13-33(35)41)43-27-2-1-3-28(10-27)44-30-12-32(36(40)34(42)14-30)38-18-24-7-25(19-38)9-26(8-24)20-38/h1-3,10-14,21-26,41-42H,4-9,15-20,39-40H2. The van der Waals surface area contributed by atoms with Crippen molar-refractivity contribution in [1.82, 2.24) is 0 Å². The van der Waals surface area contributed by atoms with E-state index in [9.17, 15) is 10.2 Å². The quantitative estimate of drug-likeness (QED) is 0.168. The zero-order valence-corrected chi connectivity index (χ0v) is 25.4. The Morgan fingerprint density at radius 3 is 1.18 bits per heavy atom. The molecule has 44 heavy (non-hydrogen) atoms. The predicted octanol–water partition coefficient (Wildman–Crippen LogP) is 8.78. The molecule has 11 rings (SSSR count). The van der Waals surface area contributed by atoms with Crippen molar-refractivity contribution in [1.29, 1.82) is 0 Å². The van der Waals surface area contributed by atoms with Gasteiger partial charge in [-0.05, 0) is 159 Å². The molecule has 6 nitrogen and oxygen atoms in total. The van der Waals surface area contributed by atoms with Crippen LogP contribution in [0, 0.1) is 35.5 Å². The second-order valence-corrected chi connectivity index (χ2v) is 15.9. The number of nitrogens with two attached hydrogens (primary N) is 2.